The molecule has 6 heteroatoms. The van der Waals surface area contributed by atoms with Crippen LogP contribution in [0.15, 0.2) is 36.4 Å². The summed E-state index contributed by atoms with van der Waals surface area (Å²) in [6.45, 7) is -0.376. The number of likely N-dealkylation sites (tertiary alicyclic amines) is 1. The summed E-state index contributed by atoms with van der Waals surface area (Å²) in [6.07, 6.45) is 4.83. The smallest absolute Gasteiger partial charge is 0.244 e. The standard InChI is InChI=1S/C16H15FN2O3/c17-12-7-3-4-8-13(12)18-14(20)9-19-15(21)10-5-1-2-6-11(10)16(19)22/h1-4,7-8,10-11H,5-6,9H2,(H,18,20)/t10-,11-/m1/s1. The second-order valence-corrected chi connectivity index (χ2v) is 5.45. The number of rotatable bonds is 3. The van der Waals surface area contributed by atoms with E-state index >= 15 is 0 Å². The number of carbonyl (C=O) groups is 3. The van der Waals surface area contributed by atoms with E-state index in [1.165, 1.54) is 18.2 Å². The number of para-hydroxylation sites is 1. The number of halogens is 1. The number of amides is 3. The molecule has 1 aromatic rings. The summed E-state index contributed by atoms with van der Waals surface area (Å²) in [5.74, 6) is -2.50. The molecule has 2 atom stereocenters. The largest absolute Gasteiger partial charge is 0.322 e. The third-order valence-corrected chi connectivity index (χ3v) is 4.05. The highest BCUT2D eigenvalue weighted by Crippen LogP contribution is 2.34. The second-order valence-electron chi connectivity index (χ2n) is 5.45. The molecule has 0 aromatic heterocycles. The van der Waals surface area contributed by atoms with Gasteiger partial charge < -0.3 is 5.32 Å². The predicted molar refractivity (Wildman–Crippen MR) is 77.1 cm³/mol. The number of anilines is 1. The Hall–Kier alpha value is -2.50. The Bertz CT molecular complexity index is 645. The molecule has 1 aliphatic carbocycles. The van der Waals surface area contributed by atoms with E-state index in [9.17, 15) is 18.8 Å². The van der Waals surface area contributed by atoms with Crippen molar-refractivity contribution in [1.82, 2.24) is 4.90 Å². The molecule has 1 fully saturated rings. The molecule has 3 rings (SSSR count). The zero-order valence-corrected chi connectivity index (χ0v) is 11.8. The lowest BCUT2D eigenvalue weighted by atomic mass is 9.85. The van der Waals surface area contributed by atoms with Crippen LogP contribution in [0.4, 0.5) is 10.1 Å². The summed E-state index contributed by atoms with van der Waals surface area (Å²) in [5, 5.41) is 2.38. The van der Waals surface area contributed by atoms with Crippen LogP contribution in [0.1, 0.15) is 12.8 Å². The van der Waals surface area contributed by atoms with Crippen molar-refractivity contribution in [3.05, 3.63) is 42.2 Å². The molecule has 3 amide bonds. The molecule has 1 aliphatic heterocycles. The van der Waals surface area contributed by atoms with Gasteiger partial charge in [0.25, 0.3) is 0 Å². The van der Waals surface area contributed by atoms with Gasteiger partial charge in [-0.25, -0.2) is 4.39 Å². The van der Waals surface area contributed by atoms with E-state index < -0.39 is 11.7 Å². The lowest BCUT2D eigenvalue weighted by Gasteiger charge is -2.14. The van der Waals surface area contributed by atoms with Crippen molar-refractivity contribution >= 4 is 23.4 Å². The molecule has 0 saturated carbocycles. The molecule has 22 heavy (non-hydrogen) atoms. The van der Waals surface area contributed by atoms with Gasteiger partial charge in [0.15, 0.2) is 0 Å². The molecule has 0 unspecified atom stereocenters. The number of allylic oxidation sites excluding steroid dienone is 2. The normalized spacial score (nSPS) is 23.6. The summed E-state index contributed by atoms with van der Waals surface area (Å²) in [7, 11) is 0. The summed E-state index contributed by atoms with van der Waals surface area (Å²) in [6, 6.07) is 5.74. The minimum absolute atomic E-state index is 0.0330. The molecule has 5 nitrogen and oxygen atoms in total. The summed E-state index contributed by atoms with van der Waals surface area (Å²) < 4.78 is 13.5. The maximum absolute atomic E-state index is 13.5. The highest BCUT2D eigenvalue weighted by atomic mass is 19.1. The minimum atomic E-state index is -0.585. The van der Waals surface area contributed by atoms with Gasteiger partial charge in [-0.3, -0.25) is 19.3 Å². The van der Waals surface area contributed by atoms with Gasteiger partial charge in [-0.15, -0.1) is 0 Å². The van der Waals surface area contributed by atoms with E-state index in [0.29, 0.717) is 12.8 Å². The first kappa shape index (κ1) is 14.4. The van der Waals surface area contributed by atoms with Crippen LogP contribution in [0.5, 0.6) is 0 Å². The quantitative estimate of drug-likeness (QED) is 0.683. The molecule has 0 spiro atoms. The van der Waals surface area contributed by atoms with Crippen LogP contribution in [-0.2, 0) is 14.4 Å². The van der Waals surface area contributed by atoms with Gasteiger partial charge in [-0.1, -0.05) is 24.3 Å². The van der Waals surface area contributed by atoms with E-state index in [0.717, 1.165) is 4.90 Å². The highest BCUT2D eigenvalue weighted by Gasteiger charge is 2.47. The molecule has 1 heterocycles. The summed E-state index contributed by atoms with van der Waals surface area (Å²) in [5.41, 5.74) is 0.0330. The van der Waals surface area contributed by atoms with Crippen molar-refractivity contribution in [1.29, 1.82) is 0 Å². The van der Waals surface area contributed by atoms with E-state index in [2.05, 4.69) is 5.32 Å². The van der Waals surface area contributed by atoms with Crippen LogP contribution >= 0.6 is 0 Å². The Morgan fingerprint density at radius 2 is 1.73 bits per heavy atom. The van der Waals surface area contributed by atoms with Crippen molar-refractivity contribution in [3.8, 4) is 0 Å². The van der Waals surface area contributed by atoms with Gasteiger partial charge in [-0.05, 0) is 25.0 Å². The topological polar surface area (TPSA) is 66.5 Å². The first-order valence-electron chi connectivity index (χ1n) is 7.12. The number of benzene rings is 1. The third-order valence-electron chi connectivity index (χ3n) is 4.05. The lowest BCUT2D eigenvalue weighted by Crippen LogP contribution is -2.38. The monoisotopic (exact) mass is 302 g/mol. The van der Waals surface area contributed by atoms with Crippen molar-refractivity contribution < 1.29 is 18.8 Å². The Balaban J connectivity index is 1.68. The van der Waals surface area contributed by atoms with Gasteiger partial charge in [0.2, 0.25) is 17.7 Å². The number of nitrogens with zero attached hydrogens (tertiary/aromatic N) is 1. The Labute approximate surface area is 126 Å². The molecule has 0 bridgehead atoms. The van der Waals surface area contributed by atoms with E-state index in [1.54, 1.807) is 6.07 Å². The van der Waals surface area contributed by atoms with Crippen LogP contribution in [0, 0.1) is 17.7 Å². The van der Waals surface area contributed by atoms with Gasteiger partial charge in [-0.2, -0.15) is 0 Å². The number of nitrogens with one attached hydrogen (secondary N) is 1. The van der Waals surface area contributed by atoms with Gasteiger partial charge >= 0.3 is 0 Å². The number of hydrogen-bond acceptors (Lipinski definition) is 3. The molecule has 1 N–H and O–H groups in total. The minimum Gasteiger partial charge on any atom is -0.322 e. The van der Waals surface area contributed by atoms with Gasteiger partial charge in [0.05, 0.1) is 17.5 Å². The van der Waals surface area contributed by atoms with Crippen molar-refractivity contribution in [2.45, 2.75) is 12.8 Å². The molecule has 1 aromatic carbocycles. The molecule has 0 radical (unpaired) electrons. The van der Waals surface area contributed by atoms with Crippen LogP contribution in [0.3, 0.4) is 0 Å². The van der Waals surface area contributed by atoms with Crippen LogP contribution in [-0.4, -0.2) is 29.2 Å². The number of carbonyl (C=O) groups excluding carboxylic acids is 3. The Kier molecular flexibility index (Phi) is 3.75. The molecule has 114 valence electrons. The fourth-order valence-corrected chi connectivity index (χ4v) is 2.92. The molecule has 2 aliphatic rings. The van der Waals surface area contributed by atoms with Gasteiger partial charge in [0, 0.05) is 0 Å². The third kappa shape index (κ3) is 2.52. The average molecular weight is 302 g/mol. The SMILES string of the molecule is O=C(CN1C(=O)[C@@H]2CC=CC[C@H]2C1=O)Nc1ccccc1F. The van der Waals surface area contributed by atoms with Crippen LogP contribution in [0.2, 0.25) is 0 Å². The van der Waals surface area contributed by atoms with Crippen molar-refractivity contribution in [3.63, 3.8) is 0 Å². The van der Waals surface area contributed by atoms with E-state index in [1.807, 2.05) is 12.2 Å². The molecular formula is C16H15FN2O3. The van der Waals surface area contributed by atoms with Gasteiger partial charge in [0.1, 0.15) is 12.4 Å². The van der Waals surface area contributed by atoms with Crippen molar-refractivity contribution in [2.75, 3.05) is 11.9 Å². The zero-order valence-electron chi connectivity index (χ0n) is 11.8. The van der Waals surface area contributed by atoms with Crippen LogP contribution in [0.25, 0.3) is 0 Å². The lowest BCUT2D eigenvalue weighted by molar-refractivity contribution is -0.142. The second kappa shape index (κ2) is 5.71. The van der Waals surface area contributed by atoms with E-state index in [-0.39, 0.29) is 35.9 Å². The predicted octanol–water partition coefficient (Wildman–Crippen LogP) is 1.72. The maximum atomic E-state index is 13.5. The Morgan fingerprint density at radius 3 is 2.32 bits per heavy atom. The first-order valence-corrected chi connectivity index (χ1v) is 7.12. The summed E-state index contributed by atoms with van der Waals surface area (Å²) in [4.78, 5) is 37.4. The Morgan fingerprint density at radius 1 is 1.14 bits per heavy atom. The number of fused-ring (bicyclic) bond motifs is 1. The average Bonchev–Trinajstić information content (AvgIpc) is 2.75. The molecular weight excluding hydrogens is 287 g/mol. The van der Waals surface area contributed by atoms with E-state index in [4.69, 9.17) is 0 Å². The zero-order chi connectivity index (χ0) is 15.7. The van der Waals surface area contributed by atoms with Crippen molar-refractivity contribution in [2.24, 2.45) is 11.8 Å². The fourth-order valence-electron chi connectivity index (χ4n) is 2.92. The first-order chi connectivity index (χ1) is 10.6. The number of imide groups is 1. The number of hydrogen-bond donors (Lipinski definition) is 1. The highest BCUT2D eigenvalue weighted by molar-refractivity contribution is 6.08. The maximum Gasteiger partial charge on any atom is 0.244 e. The van der Waals surface area contributed by atoms with Crippen LogP contribution < -0.4 is 5.32 Å². The fraction of sp³-hybridized carbons (Fsp3) is 0.312. The summed E-state index contributed by atoms with van der Waals surface area (Å²) >= 11 is 0. The molecule has 1 saturated heterocycles.